The van der Waals surface area contributed by atoms with Crippen LogP contribution in [0.2, 0.25) is 0 Å². The van der Waals surface area contributed by atoms with Gasteiger partial charge in [0.25, 0.3) is 0 Å². The minimum absolute atomic E-state index is 0.00317. The largest absolute Gasteiger partial charge is 0.375 e. The molecule has 1 aromatic rings. The molecule has 1 fully saturated rings. The molecule has 7 heteroatoms. The zero-order chi connectivity index (χ0) is 15.6. The van der Waals surface area contributed by atoms with Crippen LogP contribution in [0.3, 0.4) is 0 Å². The lowest BCUT2D eigenvalue weighted by Crippen LogP contribution is -2.41. The minimum atomic E-state index is -0.0969. The van der Waals surface area contributed by atoms with Crippen molar-refractivity contribution in [3.8, 4) is 0 Å². The molecule has 0 bridgehead atoms. The summed E-state index contributed by atoms with van der Waals surface area (Å²) in [4.78, 5) is 25.9. The molecule has 1 aromatic heterocycles. The number of methoxy groups -OCH3 is 1. The van der Waals surface area contributed by atoms with Gasteiger partial charge in [0.1, 0.15) is 12.4 Å². The van der Waals surface area contributed by atoms with Crippen molar-refractivity contribution >= 4 is 5.91 Å². The van der Waals surface area contributed by atoms with E-state index in [1.165, 1.54) is 11.8 Å². The maximum absolute atomic E-state index is 12.2. The van der Waals surface area contributed by atoms with Crippen LogP contribution in [-0.4, -0.2) is 52.0 Å². The third-order valence-corrected chi connectivity index (χ3v) is 3.91. The number of amides is 1. The van der Waals surface area contributed by atoms with E-state index < -0.39 is 0 Å². The summed E-state index contributed by atoms with van der Waals surface area (Å²) in [5, 5.41) is 4.39. The molecule has 1 atom stereocenters. The molecule has 0 N–H and O–H groups in total. The predicted molar refractivity (Wildman–Crippen MR) is 78.3 cm³/mol. The molecular formula is C14H24N4O3. The second kappa shape index (κ2) is 6.43. The Hall–Kier alpha value is -1.63. The Morgan fingerprint density at radius 3 is 2.81 bits per heavy atom. The van der Waals surface area contributed by atoms with E-state index in [-0.39, 0.29) is 30.2 Å². The van der Waals surface area contributed by atoms with E-state index in [0.29, 0.717) is 6.54 Å². The highest BCUT2D eigenvalue weighted by Gasteiger charge is 2.29. The van der Waals surface area contributed by atoms with E-state index in [0.717, 1.165) is 25.2 Å². The van der Waals surface area contributed by atoms with Crippen LogP contribution in [-0.2, 0) is 16.6 Å². The highest BCUT2D eigenvalue weighted by Crippen LogP contribution is 2.26. The molecule has 1 aliphatic rings. The average Bonchev–Trinajstić information content (AvgIpc) is 2.75. The Kier molecular flexibility index (Phi) is 4.82. The number of carbonyl (C=O) groups is 1. The van der Waals surface area contributed by atoms with E-state index in [4.69, 9.17) is 4.74 Å². The van der Waals surface area contributed by atoms with E-state index >= 15 is 0 Å². The Morgan fingerprint density at radius 2 is 2.19 bits per heavy atom. The quantitative estimate of drug-likeness (QED) is 0.812. The maximum atomic E-state index is 12.2. The fraction of sp³-hybridized carbons (Fsp3) is 0.786. The number of nitrogens with zero attached hydrogens (tertiary/aromatic N) is 4. The summed E-state index contributed by atoms with van der Waals surface area (Å²) in [5.41, 5.74) is -0.0969. The lowest BCUT2D eigenvalue weighted by molar-refractivity contribution is -0.136. The standard InChI is InChI=1S/C14H24N4O3/c1-10(2)18-13(15-16(3)14(18)20)11-6-5-7-17(8-11)12(19)9-21-4/h10-11H,5-9H2,1-4H3. The van der Waals surface area contributed by atoms with Gasteiger partial charge in [-0.25, -0.2) is 9.48 Å². The highest BCUT2D eigenvalue weighted by molar-refractivity contribution is 5.77. The molecule has 0 aliphatic carbocycles. The van der Waals surface area contributed by atoms with Crippen molar-refractivity contribution in [2.45, 2.75) is 38.6 Å². The predicted octanol–water partition coefficient (Wildman–Crippen LogP) is 0.515. The van der Waals surface area contributed by atoms with E-state index in [1.807, 2.05) is 18.7 Å². The number of rotatable bonds is 4. The van der Waals surface area contributed by atoms with Gasteiger partial charge in [0.05, 0.1) is 0 Å². The number of ether oxygens (including phenoxy) is 1. The van der Waals surface area contributed by atoms with E-state index in [2.05, 4.69) is 5.10 Å². The molecule has 2 rings (SSSR count). The first-order chi connectivity index (χ1) is 9.95. The van der Waals surface area contributed by atoms with Crippen molar-refractivity contribution < 1.29 is 9.53 Å². The Bertz CT molecular complexity index is 561. The fourth-order valence-electron chi connectivity index (χ4n) is 2.89. The van der Waals surface area contributed by atoms with Crippen LogP contribution in [0.25, 0.3) is 0 Å². The van der Waals surface area contributed by atoms with Crippen molar-refractivity contribution in [3.05, 3.63) is 16.3 Å². The average molecular weight is 296 g/mol. The first-order valence-electron chi connectivity index (χ1n) is 7.37. The lowest BCUT2D eigenvalue weighted by atomic mass is 9.97. The molecule has 0 spiro atoms. The van der Waals surface area contributed by atoms with Crippen LogP contribution >= 0.6 is 0 Å². The third-order valence-electron chi connectivity index (χ3n) is 3.91. The normalized spacial score (nSPS) is 19.3. The SMILES string of the molecule is COCC(=O)N1CCCC(c2nn(C)c(=O)n2C(C)C)C1. The summed E-state index contributed by atoms with van der Waals surface area (Å²) in [6.07, 6.45) is 1.86. The molecule has 0 saturated carbocycles. The summed E-state index contributed by atoms with van der Waals surface area (Å²) in [6.45, 7) is 5.40. The van der Waals surface area contributed by atoms with Gasteiger partial charge in [-0.05, 0) is 26.7 Å². The fourth-order valence-corrected chi connectivity index (χ4v) is 2.89. The molecule has 1 amide bonds. The van der Waals surface area contributed by atoms with Gasteiger partial charge in [-0.1, -0.05) is 0 Å². The zero-order valence-corrected chi connectivity index (χ0v) is 13.2. The number of likely N-dealkylation sites (tertiary alicyclic amines) is 1. The number of hydrogen-bond donors (Lipinski definition) is 0. The van der Waals surface area contributed by atoms with Gasteiger partial charge in [0.15, 0.2) is 0 Å². The summed E-state index contributed by atoms with van der Waals surface area (Å²) in [7, 11) is 3.19. The first-order valence-corrected chi connectivity index (χ1v) is 7.37. The van der Waals surface area contributed by atoms with Crippen LogP contribution in [0.4, 0.5) is 0 Å². The molecular weight excluding hydrogens is 272 g/mol. The van der Waals surface area contributed by atoms with Crippen LogP contribution in [0, 0.1) is 0 Å². The zero-order valence-electron chi connectivity index (χ0n) is 13.2. The smallest absolute Gasteiger partial charge is 0.345 e. The van der Waals surface area contributed by atoms with Gasteiger partial charge in [-0.15, -0.1) is 0 Å². The second-order valence-electron chi connectivity index (χ2n) is 5.84. The molecule has 118 valence electrons. The second-order valence-corrected chi connectivity index (χ2v) is 5.84. The number of carbonyl (C=O) groups excluding carboxylic acids is 1. The van der Waals surface area contributed by atoms with Crippen molar-refractivity contribution in [2.24, 2.45) is 7.05 Å². The number of hydrogen-bond acceptors (Lipinski definition) is 4. The highest BCUT2D eigenvalue weighted by atomic mass is 16.5. The van der Waals surface area contributed by atoms with Gasteiger partial charge in [0.2, 0.25) is 5.91 Å². The van der Waals surface area contributed by atoms with Gasteiger partial charge in [0, 0.05) is 39.2 Å². The summed E-state index contributed by atoms with van der Waals surface area (Å²) < 4.78 is 8.03. The minimum Gasteiger partial charge on any atom is -0.375 e. The van der Waals surface area contributed by atoms with E-state index in [9.17, 15) is 9.59 Å². The molecule has 1 aliphatic heterocycles. The van der Waals surface area contributed by atoms with Crippen LogP contribution < -0.4 is 5.69 Å². The van der Waals surface area contributed by atoms with E-state index in [1.54, 1.807) is 11.6 Å². The molecule has 1 saturated heterocycles. The first kappa shape index (κ1) is 15.8. The van der Waals surface area contributed by atoms with Gasteiger partial charge in [-0.3, -0.25) is 9.36 Å². The molecule has 0 radical (unpaired) electrons. The Labute approximate surface area is 124 Å². The Balaban J connectivity index is 2.24. The third kappa shape index (κ3) is 3.18. The summed E-state index contributed by atoms with van der Waals surface area (Å²) in [5.74, 6) is 0.889. The van der Waals surface area contributed by atoms with Crippen LogP contribution in [0.5, 0.6) is 0 Å². The van der Waals surface area contributed by atoms with Gasteiger partial charge in [-0.2, -0.15) is 5.10 Å². The van der Waals surface area contributed by atoms with Crippen molar-refractivity contribution in [1.29, 1.82) is 0 Å². The number of aromatic nitrogens is 3. The molecule has 1 unspecified atom stereocenters. The summed E-state index contributed by atoms with van der Waals surface area (Å²) in [6, 6.07) is 0.0613. The van der Waals surface area contributed by atoms with Crippen molar-refractivity contribution in [1.82, 2.24) is 19.2 Å². The number of piperidine rings is 1. The van der Waals surface area contributed by atoms with Crippen molar-refractivity contribution in [3.63, 3.8) is 0 Å². The molecule has 2 heterocycles. The monoisotopic (exact) mass is 296 g/mol. The summed E-state index contributed by atoms with van der Waals surface area (Å²) >= 11 is 0. The van der Waals surface area contributed by atoms with Crippen LogP contribution in [0.1, 0.15) is 44.5 Å². The maximum Gasteiger partial charge on any atom is 0.345 e. The van der Waals surface area contributed by atoms with Gasteiger partial charge >= 0.3 is 5.69 Å². The molecule has 7 nitrogen and oxygen atoms in total. The van der Waals surface area contributed by atoms with Gasteiger partial charge < -0.3 is 9.64 Å². The Morgan fingerprint density at radius 1 is 1.48 bits per heavy atom. The topological polar surface area (TPSA) is 69.4 Å². The molecule has 0 aromatic carbocycles. The van der Waals surface area contributed by atoms with Crippen molar-refractivity contribution in [2.75, 3.05) is 26.8 Å². The lowest BCUT2D eigenvalue weighted by Gasteiger charge is -2.32. The molecule has 21 heavy (non-hydrogen) atoms. The van der Waals surface area contributed by atoms with Crippen LogP contribution in [0.15, 0.2) is 4.79 Å². The number of aryl methyl sites for hydroxylation is 1.